The van der Waals surface area contributed by atoms with E-state index in [-0.39, 0.29) is 23.1 Å². The Kier molecular flexibility index (Phi) is 2.80. The number of nitrogens with two attached hydrogens (primary N) is 1. The SMILES string of the molecule is Cc1ccc(Cl)c(O)c1-c1noc(CN)n1. The van der Waals surface area contributed by atoms with Crippen LogP contribution < -0.4 is 5.73 Å². The summed E-state index contributed by atoms with van der Waals surface area (Å²) in [4.78, 5) is 4.04. The lowest BCUT2D eigenvalue weighted by molar-refractivity contribution is 0.380. The Labute approximate surface area is 96.8 Å². The van der Waals surface area contributed by atoms with Crippen LogP contribution in [-0.2, 0) is 6.54 Å². The summed E-state index contributed by atoms with van der Waals surface area (Å²) in [6.45, 7) is 1.98. The highest BCUT2D eigenvalue weighted by molar-refractivity contribution is 6.32. The number of aryl methyl sites for hydroxylation is 1. The molecule has 0 atom stereocenters. The maximum atomic E-state index is 9.83. The Hall–Kier alpha value is -1.59. The summed E-state index contributed by atoms with van der Waals surface area (Å²) >= 11 is 5.82. The van der Waals surface area contributed by atoms with Gasteiger partial charge in [-0.05, 0) is 18.6 Å². The van der Waals surface area contributed by atoms with E-state index in [2.05, 4.69) is 10.1 Å². The molecule has 0 saturated carbocycles. The van der Waals surface area contributed by atoms with E-state index < -0.39 is 0 Å². The zero-order valence-electron chi connectivity index (χ0n) is 8.57. The first-order chi connectivity index (χ1) is 7.63. The lowest BCUT2D eigenvalue weighted by Gasteiger charge is -2.05. The van der Waals surface area contributed by atoms with Crippen LogP contribution in [0, 0.1) is 6.92 Å². The highest BCUT2D eigenvalue weighted by Gasteiger charge is 2.16. The highest BCUT2D eigenvalue weighted by Crippen LogP contribution is 2.36. The predicted molar refractivity (Wildman–Crippen MR) is 59.0 cm³/mol. The molecule has 0 aliphatic heterocycles. The first-order valence-electron chi connectivity index (χ1n) is 4.64. The van der Waals surface area contributed by atoms with Gasteiger partial charge >= 0.3 is 0 Å². The van der Waals surface area contributed by atoms with Crippen molar-refractivity contribution in [1.82, 2.24) is 10.1 Å². The van der Waals surface area contributed by atoms with Gasteiger partial charge in [-0.3, -0.25) is 0 Å². The minimum atomic E-state index is -0.0500. The van der Waals surface area contributed by atoms with Crippen LogP contribution in [-0.4, -0.2) is 15.2 Å². The molecule has 2 aromatic rings. The summed E-state index contributed by atoms with van der Waals surface area (Å²) in [5, 5.41) is 13.8. The Morgan fingerprint density at radius 3 is 2.88 bits per heavy atom. The Morgan fingerprint density at radius 2 is 2.25 bits per heavy atom. The fourth-order valence-electron chi connectivity index (χ4n) is 1.39. The van der Waals surface area contributed by atoms with Crippen LogP contribution in [0.4, 0.5) is 0 Å². The van der Waals surface area contributed by atoms with Crippen LogP contribution in [0.3, 0.4) is 0 Å². The van der Waals surface area contributed by atoms with Gasteiger partial charge in [0.25, 0.3) is 0 Å². The number of aromatic nitrogens is 2. The molecule has 0 aliphatic carbocycles. The largest absolute Gasteiger partial charge is 0.506 e. The number of benzene rings is 1. The van der Waals surface area contributed by atoms with Crippen molar-refractivity contribution in [3.8, 4) is 17.1 Å². The number of hydrogen-bond acceptors (Lipinski definition) is 5. The molecule has 0 radical (unpaired) electrons. The van der Waals surface area contributed by atoms with Crippen LogP contribution in [0.1, 0.15) is 11.5 Å². The zero-order chi connectivity index (χ0) is 11.7. The number of rotatable bonds is 2. The molecule has 5 nitrogen and oxygen atoms in total. The van der Waals surface area contributed by atoms with Crippen LogP contribution in [0.5, 0.6) is 5.75 Å². The van der Waals surface area contributed by atoms with E-state index >= 15 is 0 Å². The van der Waals surface area contributed by atoms with Crippen molar-refractivity contribution in [1.29, 1.82) is 0 Å². The first kappa shape index (κ1) is 10.9. The average Bonchev–Trinajstić information content (AvgIpc) is 2.73. The normalized spacial score (nSPS) is 10.7. The molecule has 0 amide bonds. The minimum absolute atomic E-state index is 0.0500. The van der Waals surface area contributed by atoms with Crippen LogP contribution in [0.2, 0.25) is 5.02 Å². The van der Waals surface area contributed by atoms with Crippen molar-refractivity contribution in [3.05, 3.63) is 28.6 Å². The van der Waals surface area contributed by atoms with Gasteiger partial charge in [0.15, 0.2) is 0 Å². The van der Waals surface area contributed by atoms with E-state index in [0.717, 1.165) is 5.56 Å². The summed E-state index contributed by atoms with van der Waals surface area (Å²) in [5.41, 5.74) is 6.64. The third-order valence-corrected chi connectivity index (χ3v) is 2.51. The molecule has 3 N–H and O–H groups in total. The lowest BCUT2D eigenvalue weighted by Crippen LogP contribution is -1.96. The highest BCUT2D eigenvalue weighted by atomic mass is 35.5. The van der Waals surface area contributed by atoms with E-state index in [9.17, 15) is 5.11 Å². The van der Waals surface area contributed by atoms with E-state index in [4.69, 9.17) is 21.9 Å². The number of aromatic hydroxyl groups is 1. The summed E-state index contributed by atoms with van der Waals surface area (Å²) in [5.74, 6) is 0.553. The van der Waals surface area contributed by atoms with Crippen molar-refractivity contribution >= 4 is 11.6 Å². The fraction of sp³-hybridized carbons (Fsp3) is 0.200. The van der Waals surface area contributed by atoms with Crippen molar-refractivity contribution in [2.24, 2.45) is 5.73 Å². The average molecular weight is 240 g/mol. The number of hydrogen-bond donors (Lipinski definition) is 2. The molecule has 1 aromatic heterocycles. The molecule has 0 saturated heterocycles. The third kappa shape index (κ3) is 1.75. The first-order valence-corrected chi connectivity index (χ1v) is 5.02. The van der Waals surface area contributed by atoms with Gasteiger partial charge < -0.3 is 15.4 Å². The van der Waals surface area contributed by atoms with Gasteiger partial charge in [-0.25, -0.2) is 0 Å². The van der Waals surface area contributed by atoms with Crippen LogP contribution in [0.25, 0.3) is 11.4 Å². The standard InChI is InChI=1S/C10H10ClN3O2/c1-5-2-3-6(11)9(15)8(5)10-13-7(4-12)16-14-10/h2-3,15H,4,12H2,1H3. The zero-order valence-corrected chi connectivity index (χ0v) is 9.32. The molecule has 0 fully saturated rings. The molecule has 6 heteroatoms. The maximum absolute atomic E-state index is 9.83. The predicted octanol–water partition coefficient (Wildman–Crippen LogP) is 1.86. The van der Waals surface area contributed by atoms with E-state index in [0.29, 0.717) is 11.5 Å². The molecule has 84 valence electrons. The minimum Gasteiger partial charge on any atom is -0.506 e. The number of nitrogens with zero attached hydrogens (tertiary/aromatic N) is 2. The van der Waals surface area contributed by atoms with Gasteiger partial charge in [0.05, 0.1) is 17.1 Å². The Morgan fingerprint density at radius 1 is 1.50 bits per heavy atom. The summed E-state index contributed by atoms with van der Waals surface area (Å²) in [6, 6.07) is 3.38. The van der Waals surface area contributed by atoms with Crippen molar-refractivity contribution in [2.45, 2.75) is 13.5 Å². The molecule has 16 heavy (non-hydrogen) atoms. The van der Waals surface area contributed by atoms with Crippen molar-refractivity contribution in [2.75, 3.05) is 0 Å². The number of halogens is 1. The second-order valence-electron chi connectivity index (χ2n) is 3.30. The summed E-state index contributed by atoms with van der Waals surface area (Å²) < 4.78 is 4.88. The van der Waals surface area contributed by atoms with E-state index in [1.54, 1.807) is 12.1 Å². The summed E-state index contributed by atoms with van der Waals surface area (Å²) in [6.07, 6.45) is 0. The number of phenols is 1. The monoisotopic (exact) mass is 239 g/mol. The Balaban J connectivity index is 2.58. The molecule has 0 unspecified atom stereocenters. The van der Waals surface area contributed by atoms with Crippen molar-refractivity contribution in [3.63, 3.8) is 0 Å². The molecular weight excluding hydrogens is 230 g/mol. The lowest BCUT2D eigenvalue weighted by atomic mass is 10.1. The topological polar surface area (TPSA) is 85.2 Å². The van der Waals surface area contributed by atoms with Gasteiger partial charge in [-0.1, -0.05) is 22.8 Å². The number of phenolic OH excluding ortho intramolecular Hbond substituents is 1. The quantitative estimate of drug-likeness (QED) is 0.836. The van der Waals surface area contributed by atoms with Crippen LogP contribution >= 0.6 is 11.6 Å². The second-order valence-corrected chi connectivity index (χ2v) is 3.71. The molecule has 0 spiro atoms. The Bertz CT molecular complexity index is 525. The molecule has 1 heterocycles. The molecule has 2 rings (SSSR count). The summed E-state index contributed by atoms with van der Waals surface area (Å²) in [7, 11) is 0. The second kappa shape index (κ2) is 4.11. The third-order valence-electron chi connectivity index (χ3n) is 2.20. The molecule has 0 bridgehead atoms. The van der Waals surface area contributed by atoms with E-state index in [1.165, 1.54) is 0 Å². The fourth-order valence-corrected chi connectivity index (χ4v) is 1.55. The molecule has 0 aliphatic rings. The van der Waals surface area contributed by atoms with Gasteiger partial charge in [-0.15, -0.1) is 0 Å². The maximum Gasteiger partial charge on any atom is 0.240 e. The van der Waals surface area contributed by atoms with Gasteiger partial charge in [0, 0.05) is 0 Å². The van der Waals surface area contributed by atoms with Gasteiger partial charge in [0.1, 0.15) is 5.75 Å². The van der Waals surface area contributed by atoms with Gasteiger partial charge in [-0.2, -0.15) is 4.98 Å². The molecule has 1 aromatic carbocycles. The van der Waals surface area contributed by atoms with Gasteiger partial charge in [0.2, 0.25) is 11.7 Å². The molecular formula is C10H10ClN3O2. The van der Waals surface area contributed by atoms with E-state index in [1.807, 2.05) is 6.92 Å². The van der Waals surface area contributed by atoms with Crippen LogP contribution in [0.15, 0.2) is 16.7 Å². The van der Waals surface area contributed by atoms with Crippen molar-refractivity contribution < 1.29 is 9.63 Å². The smallest absolute Gasteiger partial charge is 0.240 e.